The molecule has 1 aliphatic carbocycles. The first-order valence-corrected chi connectivity index (χ1v) is 9.49. The second kappa shape index (κ2) is 6.41. The molecule has 0 spiro atoms. The summed E-state index contributed by atoms with van der Waals surface area (Å²) in [7, 11) is -3.29. The number of hydrogen-bond acceptors (Lipinski definition) is 4. The second-order valence-electron chi connectivity index (χ2n) is 5.78. The minimum absolute atomic E-state index is 0.0400. The molecule has 1 aliphatic rings. The van der Waals surface area contributed by atoms with Gasteiger partial charge in [0, 0.05) is 12.3 Å². The number of fused-ring (bicyclic) bond motifs is 1. The molecule has 124 valence electrons. The molecule has 0 amide bonds. The summed E-state index contributed by atoms with van der Waals surface area (Å²) in [6.45, 7) is -0.138. The highest BCUT2D eigenvalue weighted by atomic mass is 32.2. The molecule has 0 atom stereocenters. The van der Waals surface area contributed by atoms with Crippen molar-refractivity contribution in [2.45, 2.75) is 31.4 Å². The van der Waals surface area contributed by atoms with Crippen LogP contribution in [0.4, 0.5) is 4.39 Å². The first-order valence-electron chi connectivity index (χ1n) is 7.67. The van der Waals surface area contributed by atoms with Crippen LogP contribution in [0, 0.1) is 5.82 Å². The summed E-state index contributed by atoms with van der Waals surface area (Å²) in [5.74, 6) is -0.463. The maximum absolute atomic E-state index is 13.1. The molecule has 0 unspecified atom stereocenters. The molecule has 1 aromatic carbocycles. The molecule has 23 heavy (non-hydrogen) atoms. The third kappa shape index (κ3) is 3.45. The van der Waals surface area contributed by atoms with Gasteiger partial charge >= 0.3 is 0 Å². The van der Waals surface area contributed by atoms with Crippen LogP contribution in [-0.4, -0.2) is 35.7 Å². The van der Waals surface area contributed by atoms with Gasteiger partial charge in [0.1, 0.15) is 5.82 Å². The Morgan fingerprint density at radius 3 is 2.65 bits per heavy atom. The molecule has 0 bridgehead atoms. The van der Waals surface area contributed by atoms with E-state index in [0.717, 1.165) is 36.2 Å². The third-order valence-electron chi connectivity index (χ3n) is 4.05. The van der Waals surface area contributed by atoms with E-state index in [1.54, 1.807) is 16.8 Å². The average molecular weight is 338 g/mol. The lowest BCUT2D eigenvalue weighted by molar-refractivity contribution is 0.295. The number of aliphatic hydroxyl groups excluding tert-OH is 1. The summed E-state index contributed by atoms with van der Waals surface area (Å²) in [4.78, 5) is 0. The van der Waals surface area contributed by atoms with Gasteiger partial charge in [0.25, 0.3) is 0 Å². The van der Waals surface area contributed by atoms with Crippen LogP contribution in [0.15, 0.2) is 24.3 Å². The molecular formula is C16H19FN2O3S. The number of rotatable bonds is 6. The number of halogens is 1. The van der Waals surface area contributed by atoms with E-state index < -0.39 is 9.84 Å². The van der Waals surface area contributed by atoms with E-state index in [0.29, 0.717) is 5.69 Å². The van der Waals surface area contributed by atoms with Crippen LogP contribution in [0.3, 0.4) is 0 Å². The molecule has 1 N–H and O–H groups in total. The van der Waals surface area contributed by atoms with Gasteiger partial charge in [-0.05, 0) is 55.5 Å². The van der Waals surface area contributed by atoms with Gasteiger partial charge in [0.05, 0.1) is 22.9 Å². The summed E-state index contributed by atoms with van der Waals surface area (Å²) in [5, 5.41) is 13.3. The zero-order chi connectivity index (χ0) is 16.4. The Morgan fingerprint density at radius 2 is 1.96 bits per heavy atom. The van der Waals surface area contributed by atoms with Gasteiger partial charge in [-0.25, -0.2) is 17.5 Å². The van der Waals surface area contributed by atoms with E-state index in [1.807, 2.05) is 0 Å². The molecule has 0 saturated carbocycles. The van der Waals surface area contributed by atoms with E-state index in [4.69, 9.17) is 5.11 Å². The normalized spacial score (nSPS) is 14.2. The lowest BCUT2D eigenvalue weighted by Crippen LogP contribution is -2.12. The Hall–Kier alpha value is -1.73. The van der Waals surface area contributed by atoms with E-state index in [2.05, 4.69) is 5.10 Å². The van der Waals surface area contributed by atoms with Gasteiger partial charge < -0.3 is 5.11 Å². The van der Waals surface area contributed by atoms with Crippen molar-refractivity contribution in [1.29, 1.82) is 0 Å². The predicted octanol–water partition coefficient (Wildman–Crippen LogP) is 1.80. The molecule has 1 aromatic heterocycles. The van der Waals surface area contributed by atoms with Crippen molar-refractivity contribution in [3.63, 3.8) is 0 Å². The number of sulfone groups is 1. The lowest BCUT2D eigenvalue weighted by Gasteiger charge is -2.05. The van der Waals surface area contributed by atoms with Crippen LogP contribution in [0.1, 0.15) is 29.8 Å². The van der Waals surface area contributed by atoms with Crippen LogP contribution in [-0.2, 0) is 28.4 Å². The van der Waals surface area contributed by atoms with Gasteiger partial charge in [-0.2, -0.15) is 5.10 Å². The molecule has 1 heterocycles. The Balaban J connectivity index is 1.94. The van der Waals surface area contributed by atoms with Crippen LogP contribution in [0.5, 0.6) is 0 Å². The van der Waals surface area contributed by atoms with Crippen molar-refractivity contribution < 1.29 is 17.9 Å². The summed E-state index contributed by atoms with van der Waals surface area (Å²) >= 11 is 0. The first-order chi connectivity index (χ1) is 11.0. The fraction of sp³-hybridized carbons (Fsp3) is 0.438. The van der Waals surface area contributed by atoms with E-state index in [1.165, 1.54) is 12.1 Å². The zero-order valence-electron chi connectivity index (χ0n) is 12.7. The monoisotopic (exact) mass is 338 g/mol. The van der Waals surface area contributed by atoms with Gasteiger partial charge in [-0.1, -0.05) is 0 Å². The smallest absolute Gasteiger partial charge is 0.156 e. The molecule has 0 fully saturated rings. The van der Waals surface area contributed by atoms with E-state index >= 15 is 0 Å². The SMILES string of the molecule is O=S(=O)(CCCO)Cc1nn(-c2ccc(F)cc2)c2c1CCC2. The third-order valence-corrected chi connectivity index (χ3v) is 5.68. The highest BCUT2D eigenvalue weighted by Gasteiger charge is 2.26. The predicted molar refractivity (Wildman–Crippen MR) is 84.7 cm³/mol. The highest BCUT2D eigenvalue weighted by molar-refractivity contribution is 7.90. The number of aromatic nitrogens is 2. The first kappa shape index (κ1) is 16.1. The van der Waals surface area contributed by atoms with Gasteiger partial charge in [-0.15, -0.1) is 0 Å². The minimum Gasteiger partial charge on any atom is -0.396 e. The maximum Gasteiger partial charge on any atom is 0.156 e. The Morgan fingerprint density at radius 1 is 1.22 bits per heavy atom. The minimum atomic E-state index is -3.29. The van der Waals surface area contributed by atoms with Crippen molar-refractivity contribution in [2.75, 3.05) is 12.4 Å². The molecule has 0 radical (unpaired) electrons. The summed E-state index contributed by atoms with van der Waals surface area (Å²) in [6, 6.07) is 6.03. The summed E-state index contributed by atoms with van der Waals surface area (Å²) in [5.41, 5.74) is 3.34. The lowest BCUT2D eigenvalue weighted by atomic mass is 10.2. The summed E-state index contributed by atoms with van der Waals surface area (Å²) in [6.07, 6.45) is 2.87. The summed E-state index contributed by atoms with van der Waals surface area (Å²) < 4.78 is 39.1. The van der Waals surface area contributed by atoms with E-state index in [-0.39, 0.29) is 30.4 Å². The molecule has 5 nitrogen and oxygen atoms in total. The molecular weight excluding hydrogens is 319 g/mol. The van der Waals surface area contributed by atoms with Crippen molar-refractivity contribution >= 4 is 9.84 Å². The van der Waals surface area contributed by atoms with Crippen molar-refractivity contribution in [3.8, 4) is 5.69 Å². The van der Waals surface area contributed by atoms with Crippen molar-refractivity contribution in [2.24, 2.45) is 0 Å². The van der Waals surface area contributed by atoms with Crippen molar-refractivity contribution in [3.05, 3.63) is 47.0 Å². The largest absolute Gasteiger partial charge is 0.396 e. The van der Waals surface area contributed by atoms with Crippen LogP contribution >= 0.6 is 0 Å². The second-order valence-corrected chi connectivity index (χ2v) is 7.97. The molecule has 7 heteroatoms. The average Bonchev–Trinajstić information content (AvgIpc) is 3.10. The molecule has 0 saturated heterocycles. The highest BCUT2D eigenvalue weighted by Crippen LogP contribution is 2.29. The number of hydrogen-bond donors (Lipinski definition) is 1. The van der Waals surface area contributed by atoms with Gasteiger partial charge in [-0.3, -0.25) is 0 Å². The Bertz CT molecular complexity index is 797. The Labute approximate surface area is 134 Å². The van der Waals surface area contributed by atoms with Crippen LogP contribution in [0.25, 0.3) is 5.69 Å². The molecule has 2 aromatic rings. The van der Waals surface area contributed by atoms with Crippen LogP contribution < -0.4 is 0 Å². The fourth-order valence-corrected chi connectivity index (χ4v) is 4.35. The standard InChI is InChI=1S/C16H19FN2O3S/c17-12-5-7-13(8-6-12)19-16-4-1-3-14(16)15(18-19)11-23(21,22)10-2-9-20/h5-8,20H,1-4,9-11H2. The quantitative estimate of drug-likeness (QED) is 0.872. The number of benzene rings is 1. The van der Waals surface area contributed by atoms with Crippen LogP contribution in [0.2, 0.25) is 0 Å². The zero-order valence-corrected chi connectivity index (χ0v) is 13.5. The Kier molecular flexibility index (Phi) is 4.50. The number of nitrogens with zero attached hydrogens (tertiary/aromatic N) is 2. The van der Waals surface area contributed by atoms with Crippen molar-refractivity contribution in [1.82, 2.24) is 9.78 Å². The maximum atomic E-state index is 13.1. The topological polar surface area (TPSA) is 72.2 Å². The van der Waals surface area contributed by atoms with Gasteiger partial charge in [0.15, 0.2) is 9.84 Å². The number of aliphatic hydroxyl groups is 1. The van der Waals surface area contributed by atoms with Gasteiger partial charge in [0.2, 0.25) is 0 Å². The fourth-order valence-electron chi connectivity index (χ4n) is 2.99. The molecule has 3 rings (SSSR count). The molecule has 0 aliphatic heterocycles. The van der Waals surface area contributed by atoms with E-state index in [9.17, 15) is 12.8 Å².